The van der Waals surface area contributed by atoms with Gasteiger partial charge in [0, 0.05) is 23.9 Å². The normalized spacial score (nSPS) is 19.1. The van der Waals surface area contributed by atoms with Gasteiger partial charge in [-0.3, -0.25) is 25.6 Å². The van der Waals surface area contributed by atoms with Gasteiger partial charge in [0.05, 0.1) is 18.5 Å². The molecule has 0 saturated carbocycles. The number of nitrogens with two attached hydrogens (primary N) is 1. The molecule has 1 saturated heterocycles. The van der Waals surface area contributed by atoms with Crippen molar-refractivity contribution in [2.24, 2.45) is 10.8 Å². The van der Waals surface area contributed by atoms with Crippen LogP contribution in [0.3, 0.4) is 0 Å². The highest BCUT2D eigenvalue weighted by molar-refractivity contribution is 8.76. The number of thiocarbonyl (C=S) groups is 1. The molecule has 1 fully saturated rings. The molecule has 234 valence electrons. The van der Waals surface area contributed by atoms with Gasteiger partial charge in [-0.1, -0.05) is 21.6 Å². The standard InChI is InChI=1S/C22H26F2N8O8S3/c23-22(24)16(34)14(11-33)40-17(22)32-5-3-15(29-19(32)35)30-21(37)39-7-9-43-42-8-6-38-20(36)28-12-2-1-4-26-13(12)10-27-31-18(25)41/h1-5,10,14,16-17,33-34H,6-9,11H2,(H,28,36)(H3,25,31,41)(H,29,30,35,37). The van der Waals surface area contributed by atoms with E-state index in [1.165, 1.54) is 34.0 Å². The Morgan fingerprint density at radius 2 is 1.91 bits per heavy atom. The summed E-state index contributed by atoms with van der Waals surface area (Å²) in [4.78, 5) is 43.8. The van der Waals surface area contributed by atoms with E-state index in [4.69, 9.17) is 25.1 Å². The number of halogens is 2. The van der Waals surface area contributed by atoms with E-state index in [0.717, 1.165) is 12.3 Å². The average Bonchev–Trinajstić information content (AvgIpc) is 3.18. The minimum Gasteiger partial charge on any atom is -0.448 e. The number of hydrogen-bond acceptors (Lipinski definition) is 14. The van der Waals surface area contributed by atoms with Crippen molar-refractivity contribution in [3.8, 4) is 0 Å². The number of pyridine rings is 1. The van der Waals surface area contributed by atoms with Crippen LogP contribution in [-0.4, -0.2) is 97.7 Å². The van der Waals surface area contributed by atoms with Gasteiger partial charge in [-0.05, 0) is 30.4 Å². The van der Waals surface area contributed by atoms with Gasteiger partial charge in [-0.2, -0.15) is 18.9 Å². The number of nitrogens with one attached hydrogen (secondary N) is 3. The second-order valence-electron chi connectivity index (χ2n) is 8.17. The maximum atomic E-state index is 14.3. The Hall–Kier alpha value is -3.63. The molecule has 2 aromatic rings. The highest BCUT2D eigenvalue weighted by Crippen LogP contribution is 2.42. The zero-order chi connectivity index (χ0) is 31.4. The molecule has 43 heavy (non-hydrogen) atoms. The SMILES string of the molecule is NC(=S)NN=Cc1ncccc1NC(=O)OCCSSCCOC(=O)Nc1ccn(C2OC(CO)C(O)C2(F)F)c(=O)n1. The second-order valence-corrected chi connectivity index (χ2v) is 11.3. The zero-order valence-electron chi connectivity index (χ0n) is 21.9. The van der Waals surface area contributed by atoms with E-state index < -0.39 is 48.8 Å². The van der Waals surface area contributed by atoms with E-state index in [9.17, 15) is 28.3 Å². The quantitative estimate of drug-likeness (QED) is 0.0574. The number of carbonyl (C=O) groups is 2. The highest BCUT2D eigenvalue weighted by Gasteiger charge is 2.59. The smallest absolute Gasteiger partial charge is 0.412 e. The summed E-state index contributed by atoms with van der Waals surface area (Å²) in [6.45, 7) is -0.802. The lowest BCUT2D eigenvalue weighted by Crippen LogP contribution is -2.41. The maximum absolute atomic E-state index is 14.3. The number of aromatic nitrogens is 3. The van der Waals surface area contributed by atoms with Crippen molar-refractivity contribution in [3.05, 3.63) is 46.8 Å². The third-order valence-corrected chi connectivity index (χ3v) is 7.62. The molecule has 3 unspecified atom stereocenters. The Balaban J connectivity index is 1.31. The van der Waals surface area contributed by atoms with Crippen LogP contribution >= 0.6 is 33.8 Å². The van der Waals surface area contributed by atoms with Crippen molar-refractivity contribution >= 4 is 68.8 Å². The van der Waals surface area contributed by atoms with Crippen LogP contribution in [0.4, 0.5) is 29.9 Å². The van der Waals surface area contributed by atoms with Crippen molar-refractivity contribution in [1.82, 2.24) is 20.0 Å². The molecule has 0 spiro atoms. The van der Waals surface area contributed by atoms with Gasteiger partial charge in [0.2, 0.25) is 6.23 Å². The summed E-state index contributed by atoms with van der Waals surface area (Å²) in [5.74, 6) is -3.31. The fourth-order valence-corrected chi connectivity index (χ4v) is 5.01. The van der Waals surface area contributed by atoms with Gasteiger partial charge in [0.15, 0.2) is 11.2 Å². The van der Waals surface area contributed by atoms with Crippen molar-refractivity contribution in [2.45, 2.75) is 24.4 Å². The van der Waals surface area contributed by atoms with E-state index >= 15 is 0 Å². The van der Waals surface area contributed by atoms with Crippen LogP contribution in [0.5, 0.6) is 0 Å². The molecule has 0 bridgehead atoms. The Morgan fingerprint density at radius 1 is 1.23 bits per heavy atom. The number of ether oxygens (including phenoxy) is 3. The number of alkyl halides is 2. The molecular formula is C22H26F2N8O8S3. The van der Waals surface area contributed by atoms with Crippen LogP contribution < -0.4 is 27.5 Å². The number of nitrogens with zero attached hydrogens (tertiary/aromatic N) is 4. The van der Waals surface area contributed by atoms with Crippen molar-refractivity contribution < 1.29 is 42.8 Å². The van der Waals surface area contributed by atoms with Crippen LogP contribution in [0.15, 0.2) is 40.5 Å². The Bertz CT molecular complexity index is 1370. The summed E-state index contributed by atoms with van der Waals surface area (Å²) < 4.78 is 44.0. The Morgan fingerprint density at radius 3 is 2.51 bits per heavy atom. The lowest BCUT2D eigenvalue weighted by Gasteiger charge is -2.21. The monoisotopic (exact) mass is 664 g/mol. The summed E-state index contributed by atoms with van der Waals surface area (Å²) in [6.07, 6.45) is -3.98. The van der Waals surface area contributed by atoms with E-state index in [1.807, 2.05) is 0 Å². The van der Waals surface area contributed by atoms with Gasteiger partial charge in [-0.15, -0.1) is 0 Å². The number of anilines is 2. The average molecular weight is 665 g/mol. The highest BCUT2D eigenvalue weighted by atomic mass is 33.1. The summed E-state index contributed by atoms with van der Waals surface area (Å²) in [6, 6.07) is 4.29. The molecule has 3 heterocycles. The van der Waals surface area contributed by atoms with Crippen molar-refractivity contribution in [2.75, 3.05) is 42.0 Å². The lowest BCUT2D eigenvalue weighted by molar-refractivity contribution is -0.140. The molecule has 3 rings (SSSR count). The fourth-order valence-electron chi connectivity index (χ4n) is 3.30. The number of hydrogen-bond donors (Lipinski definition) is 6. The van der Waals surface area contributed by atoms with E-state index in [1.54, 1.807) is 12.1 Å². The number of carbonyl (C=O) groups excluding carboxylic acids is 2. The van der Waals surface area contributed by atoms with Crippen LogP contribution in [0.2, 0.25) is 0 Å². The van der Waals surface area contributed by atoms with E-state index in [0.29, 0.717) is 27.5 Å². The third kappa shape index (κ3) is 9.96. The van der Waals surface area contributed by atoms with Gasteiger partial charge in [0.25, 0.3) is 0 Å². The van der Waals surface area contributed by atoms with E-state index in [-0.39, 0.29) is 24.1 Å². The van der Waals surface area contributed by atoms with Gasteiger partial charge >= 0.3 is 23.8 Å². The van der Waals surface area contributed by atoms with Gasteiger partial charge in [-0.25, -0.2) is 14.4 Å². The van der Waals surface area contributed by atoms with Crippen LogP contribution in [0.25, 0.3) is 0 Å². The Kier molecular flexibility index (Phi) is 12.8. The first-order valence-electron chi connectivity index (χ1n) is 12.1. The molecule has 2 amide bonds. The topological polar surface area (TPSA) is 225 Å². The predicted octanol–water partition coefficient (Wildman–Crippen LogP) is 0.870. The number of aliphatic hydroxyl groups is 2. The van der Waals surface area contributed by atoms with Crippen LogP contribution in [-0.2, 0) is 14.2 Å². The molecule has 1 aliphatic rings. The number of rotatable bonds is 13. The fraction of sp³-hybridized carbons (Fsp3) is 0.409. The molecule has 3 atom stereocenters. The van der Waals surface area contributed by atoms with Gasteiger partial charge in [0.1, 0.15) is 30.8 Å². The molecule has 21 heteroatoms. The molecular weight excluding hydrogens is 638 g/mol. The largest absolute Gasteiger partial charge is 0.448 e. The third-order valence-electron chi connectivity index (χ3n) is 5.19. The molecule has 0 aliphatic carbocycles. The minimum atomic E-state index is -3.86. The first kappa shape index (κ1) is 33.9. The number of hydrazone groups is 1. The maximum Gasteiger partial charge on any atom is 0.412 e. The molecule has 2 aromatic heterocycles. The van der Waals surface area contributed by atoms with E-state index in [2.05, 4.69) is 43.3 Å². The van der Waals surface area contributed by atoms with Crippen LogP contribution in [0, 0.1) is 0 Å². The first-order chi connectivity index (χ1) is 20.5. The van der Waals surface area contributed by atoms with Crippen molar-refractivity contribution in [3.63, 3.8) is 0 Å². The molecule has 0 radical (unpaired) electrons. The predicted molar refractivity (Wildman–Crippen MR) is 157 cm³/mol. The molecule has 7 N–H and O–H groups in total. The summed E-state index contributed by atoms with van der Waals surface area (Å²) >= 11 is 4.65. The summed E-state index contributed by atoms with van der Waals surface area (Å²) in [5, 5.41) is 27.2. The zero-order valence-corrected chi connectivity index (χ0v) is 24.4. The lowest BCUT2D eigenvalue weighted by atomic mass is 10.1. The molecule has 1 aliphatic heterocycles. The Labute approximate surface area is 255 Å². The molecule has 16 nitrogen and oxygen atoms in total. The van der Waals surface area contributed by atoms with Crippen molar-refractivity contribution in [1.29, 1.82) is 0 Å². The van der Waals surface area contributed by atoms with Gasteiger partial charge < -0.3 is 30.2 Å². The molecule has 0 aromatic carbocycles. The first-order valence-corrected chi connectivity index (χ1v) is 15.0. The van der Waals surface area contributed by atoms with Crippen LogP contribution in [0.1, 0.15) is 11.9 Å². The summed E-state index contributed by atoms with van der Waals surface area (Å²) in [5.41, 5.74) is 7.19. The minimum absolute atomic E-state index is 0.0143. The second kappa shape index (κ2) is 16.3. The number of aliphatic hydroxyl groups excluding tert-OH is 2. The summed E-state index contributed by atoms with van der Waals surface area (Å²) in [7, 11) is 2.71. The number of amides is 2.